The van der Waals surface area contributed by atoms with Crippen molar-refractivity contribution in [2.75, 3.05) is 19.0 Å². The second kappa shape index (κ2) is 5.34. The van der Waals surface area contributed by atoms with Gasteiger partial charge < -0.3 is 10.1 Å². The van der Waals surface area contributed by atoms with E-state index in [1.54, 1.807) is 7.11 Å². The number of hydrogen-bond acceptors (Lipinski definition) is 4. The third-order valence-corrected chi connectivity index (χ3v) is 3.08. The molecule has 0 fully saturated rings. The van der Waals surface area contributed by atoms with Crippen LogP contribution >= 0.6 is 0 Å². The third kappa shape index (κ3) is 4.21. The molecular formula is C13H23N3O. The van der Waals surface area contributed by atoms with Crippen LogP contribution in [0.4, 0.5) is 5.95 Å². The molecule has 0 aliphatic rings. The Morgan fingerprint density at radius 3 is 2.53 bits per heavy atom. The van der Waals surface area contributed by atoms with Crippen molar-refractivity contribution < 1.29 is 4.74 Å². The van der Waals surface area contributed by atoms with Crippen LogP contribution in [0.5, 0.6) is 5.88 Å². The van der Waals surface area contributed by atoms with Gasteiger partial charge in [0.25, 0.3) is 0 Å². The van der Waals surface area contributed by atoms with Crippen molar-refractivity contribution in [1.29, 1.82) is 0 Å². The molecule has 1 unspecified atom stereocenters. The van der Waals surface area contributed by atoms with Crippen molar-refractivity contribution in [2.45, 2.75) is 34.6 Å². The first-order valence-electron chi connectivity index (χ1n) is 5.96. The molecule has 0 bridgehead atoms. The molecule has 96 valence electrons. The lowest BCUT2D eigenvalue weighted by Gasteiger charge is -2.27. The van der Waals surface area contributed by atoms with Crippen molar-refractivity contribution in [3.8, 4) is 5.88 Å². The summed E-state index contributed by atoms with van der Waals surface area (Å²) >= 11 is 0. The standard InChI is InChI=1S/C13H23N3O/c1-9(13(3,4)5)8-14-12-15-10(2)7-11(16-12)17-6/h7,9H,8H2,1-6H3,(H,14,15,16). The van der Waals surface area contributed by atoms with Crippen molar-refractivity contribution in [2.24, 2.45) is 11.3 Å². The second-order valence-corrected chi connectivity index (χ2v) is 5.52. The van der Waals surface area contributed by atoms with E-state index in [0.29, 0.717) is 17.7 Å². The van der Waals surface area contributed by atoms with Gasteiger partial charge in [-0.15, -0.1) is 0 Å². The number of rotatable bonds is 4. The van der Waals surface area contributed by atoms with E-state index in [0.717, 1.165) is 12.2 Å². The Hall–Kier alpha value is -1.32. The van der Waals surface area contributed by atoms with Crippen molar-refractivity contribution in [3.63, 3.8) is 0 Å². The first-order chi connectivity index (χ1) is 7.82. The number of ether oxygens (including phenoxy) is 1. The van der Waals surface area contributed by atoms with Crippen LogP contribution in [0.15, 0.2) is 6.07 Å². The fraction of sp³-hybridized carbons (Fsp3) is 0.692. The van der Waals surface area contributed by atoms with Crippen molar-refractivity contribution >= 4 is 5.95 Å². The molecule has 0 saturated carbocycles. The lowest BCUT2D eigenvalue weighted by Crippen LogP contribution is -2.25. The molecule has 1 aromatic rings. The highest BCUT2D eigenvalue weighted by Gasteiger charge is 2.19. The van der Waals surface area contributed by atoms with Gasteiger partial charge in [-0.2, -0.15) is 4.98 Å². The summed E-state index contributed by atoms with van der Waals surface area (Å²) in [4.78, 5) is 8.60. The fourth-order valence-corrected chi connectivity index (χ4v) is 1.27. The van der Waals surface area contributed by atoms with E-state index in [-0.39, 0.29) is 5.41 Å². The molecule has 1 aromatic heterocycles. The molecule has 0 spiro atoms. The predicted molar refractivity (Wildman–Crippen MR) is 70.4 cm³/mol. The van der Waals surface area contributed by atoms with E-state index in [1.807, 2.05) is 13.0 Å². The zero-order valence-electron chi connectivity index (χ0n) is 11.7. The largest absolute Gasteiger partial charge is 0.481 e. The van der Waals surface area contributed by atoms with Crippen LogP contribution in [0.2, 0.25) is 0 Å². The molecular weight excluding hydrogens is 214 g/mol. The highest BCUT2D eigenvalue weighted by molar-refractivity contribution is 5.30. The Bertz CT molecular complexity index is 371. The molecule has 1 atom stereocenters. The number of aryl methyl sites for hydroxylation is 1. The van der Waals surface area contributed by atoms with Crippen LogP contribution in [0.25, 0.3) is 0 Å². The Labute approximate surface area is 104 Å². The summed E-state index contributed by atoms with van der Waals surface area (Å²) in [6, 6.07) is 1.82. The second-order valence-electron chi connectivity index (χ2n) is 5.52. The minimum absolute atomic E-state index is 0.279. The molecule has 0 aliphatic heterocycles. The Kier molecular flexibility index (Phi) is 4.32. The Morgan fingerprint density at radius 1 is 1.35 bits per heavy atom. The summed E-state index contributed by atoms with van der Waals surface area (Å²) in [7, 11) is 1.61. The van der Waals surface area contributed by atoms with Crippen molar-refractivity contribution in [1.82, 2.24) is 9.97 Å². The Morgan fingerprint density at radius 2 is 2.00 bits per heavy atom. The third-order valence-electron chi connectivity index (χ3n) is 3.08. The highest BCUT2D eigenvalue weighted by atomic mass is 16.5. The van der Waals surface area contributed by atoms with E-state index in [4.69, 9.17) is 4.74 Å². The summed E-state index contributed by atoms with van der Waals surface area (Å²) in [5.74, 6) is 1.78. The number of anilines is 1. The first-order valence-corrected chi connectivity index (χ1v) is 5.96. The van der Waals surface area contributed by atoms with Crippen molar-refractivity contribution in [3.05, 3.63) is 11.8 Å². The van der Waals surface area contributed by atoms with Crippen LogP contribution in [0.1, 0.15) is 33.4 Å². The molecule has 0 saturated heterocycles. The van der Waals surface area contributed by atoms with Crippen LogP contribution in [-0.4, -0.2) is 23.6 Å². The van der Waals surface area contributed by atoms with Gasteiger partial charge in [0.05, 0.1) is 7.11 Å². The van der Waals surface area contributed by atoms with Crippen LogP contribution < -0.4 is 10.1 Å². The molecule has 0 aliphatic carbocycles. The molecule has 4 heteroatoms. The average Bonchev–Trinajstić information content (AvgIpc) is 2.23. The van der Waals surface area contributed by atoms with E-state index < -0.39 is 0 Å². The quantitative estimate of drug-likeness (QED) is 0.874. The highest BCUT2D eigenvalue weighted by Crippen LogP contribution is 2.25. The van der Waals surface area contributed by atoms with Gasteiger partial charge >= 0.3 is 0 Å². The lowest BCUT2D eigenvalue weighted by molar-refractivity contribution is 0.274. The zero-order chi connectivity index (χ0) is 13.1. The minimum Gasteiger partial charge on any atom is -0.481 e. The molecule has 1 rings (SSSR count). The van der Waals surface area contributed by atoms with Gasteiger partial charge in [-0.1, -0.05) is 27.7 Å². The maximum absolute atomic E-state index is 5.12. The summed E-state index contributed by atoms with van der Waals surface area (Å²) < 4.78 is 5.12. The molecule has 1 N–H and O–H groups in total. The number of methoxy groups -OCH3 is 1. The smallest absolute Gasteiger partial charge is 0.226 e. The van der Waals surface area contributed by atoms with Crippen LogP contribution in [0.3, 0.4) is 0 Å². The molecule has 17 heavy (non-hydrogen) atoms. The van der Waals surface area contributed by atoms with Crippen LogP contribution in [-0.2, 0) is 0 Å². The van der Waals surface area contributed by atoms with Gasteiger partial charge in [-0.05, 0) is 18.3 Å². The fourth-order valence-electron chi connectivity index (χ4n) is 1.27. The van der Waals surface area contributed by atoms with E-state index in [2.05, 4.69) is 43.0 Å². The number of nitrogens with zero attached hydrogens (tertiary/aromatic N) is 2. The maximum Gasteiger partial charge on any atom is 0.226 e. The predicted octanol–water partition coefficient (Wildman–Crippen LogP) is 2.89. The number of hydrogen-bond donors (Lipinski definition) is 1. The van der Waals surface area contributed by atoms with Gasteiger partial charge in [-0.25, -0.2) is 4.98 Å². The van der Waals surface area contributed by atoms with Crippen LogP contribution in [0, 0.1) is 18.3 Å². The van der Waals surface area contributed by atoms with Gasteiger partial charge in [0.2, 0.25) is 11.8 Å². The van der Waals surface area contributed by atoms with Gasteiger partial charge in [0.15, 0.2) is 0 Å². The summed E-state index contributed by atoms with van der Waals surface area (Å²) in [6.07, 6.45) is 0. The van der Waals surface area contributed by atoms with Gasteiger partial charge in [-0.3, -0.25) is 0 Å². The average molecular weight is 237 g/mol. The SMILES string of the molecule is COc1cc(C)nc(NCC(C)C(C)(C)C)n1. The van der Waals surface area contributed by atoms with Gasteiger partial charge in [0, 0.05) is 18.3 Å². The molecule has 0 amide bonds. The monoisotopic (exact) mass is 237 g/mol. The first kappa shape index (κ1) is 13.7. The van der Waals surface area contributed by atoms with E-state index in [1.165, 1.54) is 0 Å². The van der Waals surface area contributed by atoms with E-state index in [9.17, 15) is 0 Å². The molecule has 0 radical (unpaired) electrons. The number of aromatic nitrogens is 2. The summed E-state index contributed by atoms with van der Waals surface area (Å²) in [5.41, 5.74) is 1.18. The number of nitrogens with one attached hydrogen (secondary N) is 1. The summed E-state index contributed by atoms with van der Waals surface area (Å²) in [6.45, 7) is 11.7. The topological polar surface area (TPSA) is 47.0 Å². The normalized spacial score (nSPS) is 13.3. The molecule has 0 aromatic carbocycles. The Balaban J connectivity index is 2.66. The lowest BCUT2D eigenvalue weighted by atomic mass is 9.82. The zero-order valence-corrected chi connectivity index (χ0v) is 11.7. The maximum atomic E-state index is 5.12. The molecule has 4 nitrogen and oxygen atoms in total. The van der Waals surface area contributed by atoms with Gasteiger partial charge in [0.1, 0.15) is 0 Å². The summed E-state index contributed by atoms with van der Waals surface area (Å²) in [5, 5.41) is 3.26. The minimum atomic E-state index is 0.279. The van der Waals surface area contributed by atoms with E-state index >= 15 is 0 Å². The molecule has 1 heterocycles.